The molecule has 118 valence electrons. The van der Waals surface area contributed by atoms with E-state index in [-0.39, 0.29) is 19.6 Å². The summed E-state index contributed by atoms with van der Waals surface area (Å²) in [7, 11) is 0. The zero-order valence-corrected chi connectivity index (χ0v) is 11.1. The van der Waals surface area contributed by atoms with E-state index in [2.05, 4.69) is 0 Å². The van der Waals surface area contributed by atoms with Gasteiger partial charge in [-0.15, -0.1) is 0 Å². The lowest BCUT2D eigenvalue weighted by molar-refractivity contribution is -0.149. The number of phenolic OH excluding ortho intramolecular Hbond substituents is 1. The molecule has 0 atom stereocenters. The summed E-state index contributed by atoms with van der Waals surface area (Å²) in [6.07, 6.45) is -4.22. The lowest BCUT2D eigenvalue weighted by atomic mass is 10.1. The molecular formula is C13H15F5N2O. The van der Waals surface area contributed by atoms with Gasteiger partial charge in [0, 0.05) is 32.7 Å². The number of hydrogen-bond donors (Lipinski definition) is 1. The topological polar surface area (TPSA) is 26.7 Å². The highest BCUT2D eigenvalue weighted by Crippen LogP contribution is 2.23. The Bertz CT molecular complexity index is 475. The van der Waals surface area contributed by atoms with Gasteiger partial charge in [-0.3, -0.25) is 9.80 Å². The Morgan fingerprint density at radius 2 is 1.43 bits per heavy atom. The highest BCUT2D eigenvalue weighted by molar-refractivity contribution is 5.30. The Balaban J connectivity index is 1.89. The van der Waals surface area contributed by atoms with Gasteiger partial charge in [0.05, 0.1) is 6.54 Å². The van der Waals surface area contributed by atoms with Crippen LogP contribution >= 0.6 is 0 Å². The van der Waals surface area contributed by atoms with Gasteiger partial charge in [0.1, 0.15) is 0 Å². The van der Waals surface area contributed by atoms with Crippen molar-refractivity contribution in [2.45, 2.75) is 12.7 Å². The molecule has 1 heterocycles. The summed E-state index contributed by atoms with van der Waals surface area (Å²) < 4.78 is 63.1. The standard InChI is InChI=1S/C13H15F5N2O/c14-10-5-9(6-11(15)12(10)21)7-19-1-3-20(4-2-19)8-13(16,17)18/h5-6,21H,1-4,7-8H2. The number of phenols is 1. The molecule has 0 radical (unpaired) electrons. The number of nitrogens with zero attached hydrogens (tertiary/aromatic N) is 2. The first-order valence-corrected chi connectivity index (χ1v) is 6.43. The average Bonchev–Trinajstić information content (AvgIpc) is 2.36. The Morgan fingerprint density at radius 3 is 1.90 bits per heavy atom. The predicted octanol–water partition coefficient (Wildman–Crippen LogP) is 2.35. The van der Waals surface area contributed by atoms with Crippen molar-refractivity contribution in [3.05, 3.63) is 29.3 Å². The smallest absolute Gasteiger partial charge is 0.401 e. The maximum absolute atomic E-state index is 13.2. The van der Waals surface area contributed by atoms with E-state index in [1.54, 1.807) is 0 Å². The third-order valence-corrected chi connectivity index (χ3v) is 3.35. The molecule has 0 amide bonds. The minimum absolute atomic E-state index is 0.230. The number of benzene rings is 1. The lowest BCUT2D eigenvalue weighted by Gasteiger charge is -2.35. The Kier molecular flexibility index (Phi) is 4.67. The highest BCUT2D eigenvalue weighted by Gasteiger charge is 2.32. The van der Waals surface area contributed by atoms with Crippen LogP contribution in [0.5, 0.6) is 5.75 Å². The van der Waals surface area contributed by atoms with Crippen LogP contribution in [0.15, 0.2) is 12.1 Å². The molecule has 0 aromatic heterocycles. The van der Waals surface area contributed by atoms with Crippen molar-refractivity contribution in [1.29, 1.82) is 0 Å². The van der Waals surface area contributed by atoms with E-state index < -0.39 is 30.1 Å². The molecule has 8 heteroatoms. The molecule has 1 fully saturated rings. The third-order valence-electron chi connectivity index (χ3n) is 3.35. The zero-order chi connectivity index (χ0) is 15.6. The van der Waals surface area contributed by atoms with Gasteiger partial charge < -0.3 is 5.11 Å². The van der Waals surface area contributed by atoms with Crippen molar-refractivity contribution in [3.63, 3.8) is 0 Å². The second-order valence-corrected chi connectivity index (χ2v) is 5.08. The van der Waals surface area contributed by atoms with E-state index in [1.165, 1.54) is 4.90 Å². The normalized spacial score (nSPS) is 18.1. The molecule has 21 heavy (non-hydrogen) atoms. The molecular weight excluding hydrogens is 295 g/mol. The van der Waals surface area contributed by atoms with Gasteiger partial charge in [-0.25, -0.2) is 8.78 Å². The fourth-order valence-corrected chi connectivity index (χ4v) is 2.33. The third kappa shape index (κ3) is 4.53. The maximum atomic E-state index is 13.2. The molecule has 3 nitrogen and oxygen atoms in total. The van der Waals surface area contributed by atoms with Crippen molar-refractivity contribution in [3.8, 4) is 5.75 Å². The molecule has 0 saturated carbocycles. The van der Waals surface area contributed by atoms with Gasteiger partial charge in [-0.2, -0.15) is 13.2 Å². The van der Waals surface area contributed by atoms with E-state index in [9.17, 15) is 22.0 Å². The van der Waals surface area contributed by atoms with Crippen LogP contribution in [-0.2, 0) is 6.54 Å². The summed E-state index contributed by atoms with van der Waals surface area (Å²) in [6, 6.07) is 2.06. The first-order valence-electron chi connectivity index (χ1n) is 6.43. The first kappa shape index (κ1) is 16.0. The summed E-state index contributed by atoms with van der Waals surface area (Å²) >= 11 is 0. The molecule has 1 aliphatic rings. The number of alkyl halides is 3. The predicted molar refractivity (Wildman–Crippen MR) is 65.8 cm³/mol. The van der Waals surface area contributed by atoms with Crippen LogP contribution in [0.25, 0.3) is 0 Å². The fraction of sp³-hybridized carbons (Fsp3) is 0.538. The molecule has 1 N–H and O–H groups in total. The molecule has 0 bridgehead atoms. The van der Waals surface area contributed by atoms with E-state index >= 15 is 0 Å². The van der Waals surface area contributed by atoms with Crippen LogP contribution in [0.2, 0.25) is 0 Å². The van der Waals surface area contributed by atoms with E-state index in [1.807, 2.05) is 4.90 Å². The number of piperazine rings is 1. The summed E-state index contributed by atoms with van der Waals surface area (Å²) in [5.41, 5.74) is 0.340. The monoisotopic (exact) mass is 310 g/mol. The molecule has 0 aliphatic carbocycles. The van der Waals surface area contributed by atoms with Gasteiger partial charge in [-0.05, 0) is 17.7 Å². The highest BCUT2D eigenvalue weighted by atomic mass is 19.4. The minimum Gasteiger partial charge on any atom is -0.503 e. The largest absolute Gasteiger partial charge is 0.503 e. The lowest BCUT2D eigenvalue weighted by Crippen LogP contribution is -2.48. The molecule has 1 aromatic carbocycles. The number of aromatic hydroxyl groups is 1. The van der Waals surface area contributed by atoms with Crippen LogP contribution < -0.4 is 0 Å². The number of rotatable bonds is 3. The zero-order valence-electron chi connectivity index (χ0n) is 11.1. The van der Waals surface area contributed by atoms with Crippen LogP contribution in [-0.4, -0.2) is 53.8 Å². The molecule has 1 aromatic rings. The molecule has 1 saturated heterocycles. The van der Waals surface area contributed by atoms with Crippen LogP contribution in [0, 0.1) is 11.6 Å². The van der Waals surface area contributed by atoms with E-state index in [0.29, 0.717) is 18.7 Å². The van der Waals surface area contributed by atoms with Gasteiger partial charge in [-0.1, -0.05) is 0 Å². The SMILES string of the molecule is Oc1c(F)cc(CN2CCN(CC(F)(F)F)CC2)cc1F. The van der Waals surface area contributed by atoms with Gasteiger partial charge >= 0.3 is 6.18 Å². The van der Waals surface area contributed by atoms with Crippen molar-refractivity contribution in [1.82, 2.24) is 9.80 Å². The van der Waals surface area contributed by atoms with Crippen LogP contribution in [0.4, 0.5) is 22.0 Å². The maximum Gasteiger partial charge on any atom is 0.401 e. The van der Waals surface area contributed by atoms with Crippen LogP contribution in [0.3, 0.4) is 0 Å². The molecule has 1 aliphatic heterocycles. The number of halogens is 5. The Hall–Kier alpha value is -1.41. The van der Waals surface area contributed by atoms with Gasteiger partial charge in [0.2, 0.25) is 0 Å². The summed E-state index contributed by atoms with van der Waals surface area (Å²) in [5, 5.41) is 9.00. The second kappa shape index (κ2) is 6.15. The minimum atomic E-state index is -4.22. The first-order chi connectivity index (χ1) is 9.74. The fourth-order valence-electron chi connectivity index (χ4n) is 2.33. The van der Waals surface area contributed by atoms with E-state index in [4.69, 9.17) is 5.11 Å². The molecule has 2 rings (SSSR count). The van der Waals surface area contributed by atoms with Gasteiger partial charge in [0.15, 0.2) is 17.4 Å². The summed E-state index contributed by atoms with van der Waals surface area (Å²) in [6.45, 7) is 0.572. The molecule has 0 spiro atoms. The number of hydrogen-bond acceptors (Lipinski definition) is 3. The summed E-state index contributed by atoms with van der Waals surface area (Å²) in [4.78, 5) is 3.12. The second-order valence-electron chi connectivity index (χ2n) is 5.08. The van der Waals surface area contributed by atoms with Crippen molar-refractivity contribution < 1.29 is 27.1 Å². The summed E-state index contributed by atoms with van der Waals surface area (Å²) in [5.74, 6) is -3.10. The van der Waals surface area contributed by atoms with Crippen molar-refractivity contribution in [2.75, 3.05) is 32.7 Å². The van der Waals surface area contributed by atoms with Gasteiger partial charge in [0.25, 0.3) is 0 Å². The Labute approximate surface area is 118 Å². The quantitative estimate of drug-likeness (QED) is 0.868. The van der Waals surface area contributed by atoms with E-state index in [0.717, 1.165) is 12.1 Å². The average molecular weight is 310 g/mol. The Morgan fingerprint density at radius 1 is 0.952 bits per heavy atom. The van der Waals surface area contributed by atoms with Crippen molar-refractivity contribution in [2.24, 2.45) is 0 Å². The van der Waals surface area contributed by atoms with Crippen molar-refractivity contribution >= 4 is 0 Å². The molecule has 0 unspecified atom stereocenters. The van der Waals surface area contributed by atoms with Crippen LogP contribution in [0.1, 0.15) is 5.56 Å².